The molecule has 1 N–H and O–H groups in total. The summed E-state index contributed by atoms with van der Waals surface area (Å²) in [5.74, 6) is -2.82. The third-order valence-corrected chi connectivity index (χ3v) is 4.07. The van der Waals surface area contributed by atoms with E-state index in [1.807, 2.05) is 0 Å². The highest BCUT2D eigenvalue weighted by atomic mass is 19.4. The Kier molecular flexibility index (Phi) is 3.85. The maximum Gasteiger partial charge on any atom is 0.406 e. The molecule has 0 spiro atoms. The number of hydrogen-bond acceptors (Lipinski definition) is 3. The number of carbonyl (C=O) groups is 3. The summed E-state index contributed by atoms with van der Waals surface area (Å²) in [6, 6.07) is 0. The summed E-state index contributed by atoms with van der Waals surface area (Å²) in [4.78, 5) is 36.5. The van der Waals surface area contributed by atoms with Gasteiger partial charge in [-0.3, -0.25) is 14.4 Å². The number of hydrogen-bond donors (Lipinski definition) is 1. The fourth-order valence-corrected chi connectivity index (χ4v) is 2.68. The molecule has 0 aromatic heterocycles. The van der Waals surface area contributed by atoms with Gasteiger partial charge in [0.1, 0.15) is 0 Å². The molecule has 0 aromatic carbocycles. The lowest BCUT2D eigenvalue weighted by Crippen LogP contribution is -2.48. The SMILES string of the molecule is O=C1CCCN1CC(=O)N1CCC(C(=O)O)(C(F)(F)F)C1. The van der Waals surface area contributed by atoms with Crippen LogP contribution in [-0.2, 0) is 14.4 Å². The number of halogens is 3. The van der Waals surface area contributed by atoms with Gasteiger partial charge in [-0.1, -0.05) is 0 Å². The van der Waals surface area contributed by atoms with E-state index in [0.29, 0.717) is 19.4 Å². The molecule has 2 amide bonds. The van der Waals surface area contributed by atoms with Gasteiger partial charge in [0.05, 0.1) is 6.54 Å². The van der Waals surface area contributed by atoms with E-state index in [4.69, 9.17) is 5.11 Å². The predicted octanol–water partition coefficient (Wildman–Crippen LogP) is 0.474. The van der Waals surface area contributed by atoms with Crippen LogP contribution in [0.4, 0.5) is 13.2 Å². The normalized spacial score (nSPS) is 26.5. The molecule has 0 radical (unpaired) electrons. The summed E-state index contributed by atoms with van der Waals surface area (Å²) < 4.78 is 39.0. The van der Waals surface area contributed by atoms with Crippen LogP contribution in [0.1, 0.15) is 19.3 Å². The molecule has 0 saturated carbocycles. The molecule has 2 aliphatic rings. The molecular weight excluding hydrogens is 293 g/mol. The average Bonchev–Trinajstić information content (AvgIpc) is 2.96. The van der Waals surface area contributed by atoms with Crippen LogP contribution in [0.2, 0.25) is 0 Å². The van der Waals surface area contributed by atoms with Crippen molar-refractivity contribution in [2.75, 3.05) is 26.2 Å². The molecule has 2 fully saturated rings. The largest absolute Gasteiger partial charge is 0.481 e. The minimum Gasteiger partial charge on any atom is -0.481 e. The Labute approximate surface area is 118 Å². The van der Waals surface area contributed by atoms with E-state index in [2.05, 4.69) is 0 Å². The van der Waals surface area contributed by atoms with Crippen molar-refractivity contribution in [3.63, 3.8) is 0 Å². The summed E-state index contributed by atoms with van der Waals surface area (Å²) in [5, 5.41) is 8.90. The molecule has 1 unspecified atom stereocenters. The number of rotatable bonds is 3. The van der Waals surface area contributed by atoms with Gasteiger partial charge in [0.15, 0.2) is 5.41 Å². The molecule has 2 rings (SSSR count). The highest BCUT2D eigenvalue weighted by Crippen LogP contribution is 2.45. The molecule has 118 valence electrons. The summed E-state index contributed by atoms with van der Waals surface area (Å²) in [6.45, 7) is -1.05. The zero-order valence-electron chi connectivity index (χ0n) is 11.2. The molecule has 6 nitrogen and oxygen atoms in total. The maximum atomic E-state index is 13.0. The summed E-state index contributed by atoms with van der Waals surface area (Å²) in [5.41, 5.74) is -2.91. The van der Waals surface area contributed by atoms with Crippen molar-refractivity contribution < 1.29 is 32.7 Å². The lowest BCUT2D eigenvalue weighted by molar-refractivity contribution is -0.227. The van der Waals surface area contributed by atoms with Gasteiger partial charge in [-0.05, 0) is 12.8 Å². The van der Waals surface area contributed by atoms with Crippen molar-refractivity contribution in [3.05, 3.63) is 0 Å². The van der Waals surface area contributed by atoms with Crippen LogP contribution in [0.5, 0.6) is 0 Å². The molecule has 9 heteroatoms. The van der Waals surface area contributed by atoms with Crippen LogP contribution in [0.25, 0.3) is 0 Å². The Morgan fingerprint density at radius 2 is 1.95 bits per heavy atom. The number of carbonyl (C=O) groups excluding carboxylic acids is 2. The van der Waals surface area contributed by atoms with Crippen molar-refractivity contribution in [2.24, 2.45) is 5.41 Å². The number of nitrogens with zero attached hydrogens (tertiary/aromatic N) is 2. The summed E-state index contributed by atoms with van der Waals surface area (Å²) >= 11 is 0. The first-order valence-electron chi connectivity index (χ1n) is 6.53. The van der Waals surface area contributed by atoms with Crippen LogP contribution in [0.3, 0.4) is 0 Å². The number of aliphatic carboxylic acids is 1. The first-order valence-corrected chi connectivity index (χ1v) is 6.53. The number of amides is 2. The summed E-state index contributed by atoms with van der Waals surface area (Å²) in [6.07, 6.45) is -4.63. The van der Waals surface area contributed by atoms with Crippen molar-refractivity contribution in [1.29, 1.82) is 0 Å². The van der Waals surface area contributed by atoms with E-state index in [-0.39, 0.29) is 19.0 Å². The fourth-order valence-electron chi connectivity index (χ4n) is 2.68. The smallest absolute Gasteiger partial charge is 0.406 e. The highest BCUT2D eigenvalue weighted by molar-refractivity contribution is 5.87. The van der Waals surface area contributed by atoms with Crippen LogP contribution >= 0.6 is 0 Å². The fraction of sp³-hybridized carbons (Fsp3) is 0.750. The van der Waals surface area contributed by atoms with Gasteiger partial charge in [0.25, 0.3) is 0 Å². The van der Waals surface area contributed by atoms with E-state index < -0.39 is 36.4 Å². The Hall–Kier alpha value is -1.80. The monoisotopic (exact) mass is 308 g/mol. The second kappa shape index (κ2) is 5.19. The Morgan fingerprint density at radius 3 is 2.38 bits per heavy atom. The molecule has 0 aromatic rings. The van der Waals surface area contributed by atoms with Gasteiger partial charge in [-0.15, -0.1) is 0 Å². The van der Waals surface area contributed by atoms with Crippen LogP contribution in [0, 0.1) is 5.41 Å². The van der Waals surface area contributed by atoms with Crippen molar-refractivity contribution in [2.45, 2.75) is 25.4 Å². The first kappa shape index (κ1) is 15.6. The highest BCUT2D eigenvalue weighted by Gasteiger charge is 2.64. The molecule has 0 bridgehead atoms. The number of carboxylic acids is 1. The molecule has 0 aliphatic carbocycles. The Bertz CT molecular complexity index is 480. The number of likely N-dealkylation sites (tertiary alicyclic amines) is 2. The number of carboxylic acid groups (broad SMARTS) is 1. The molecule has 2 heterocycles. The van der Waals surface area contributed by atoms with E-state index in [1.165, 1.54) is 4.90 Å². The first-order chi connectivity index (χ1) is 9.67. The van der Waals surface area contributed by atoms with Crippen LogP contribution in [0.15, 0.2) is 0 Å². The lowest BCUT2D eigenvalue weighted by atomic mass is 9.86. The average molecular weight is 308 g/mol. The zero-order chi connectivity index (χ0) is 15.8. The van der Waals surface area contributed by atoms with Gasteiger partial charge in [0.2, 0.25) is 11.8 Å². The lowest BCUT2D eigenvalue weighted by Gasteiger charge is -2.27. The van der Waals surface area contributed by atoms with E-state index in [9.17, 15) is 27.6 Å². The quantitative estimate of drug-likeness (QED) is 0.822. The van der Waals surface area contributed by atoms with Crippen molar-refractivity contribution in [1.82, 2.24) is 9.80 Å². The van der Waals surface area contributed by atoms with E-state index in [0.717, 1.165) is 4.90 Å². The molecule has 2 aliphatic heterocycles. The third kappa shape index (κ3) is 2.68. The van der Waals surface area contributed by atoms with Crippen molar-refractivity contribution in [3.8, 4) is 0 Å². The van der Waals surface area contributed by atoms with Crippen molar-refractivity contribution >= 4 is 17.8 Å². The minimum absolute atomic E-state index is 0.206. The minimum atomic E-state index is -4.92. The topological polar surface area (TPSA) is 77.9 Å². The zero-order valence-corrected chi connectivity index (χ0v) is 11.2. The molecule has 21 heavy (non-hydrogen) atoms. The second-order valence-corrected chi connectivity index (χ2v) is 5.37. The Morgan fingerprint density at radius 1 is 1.29 bits per heavy atom. The predicted molar refractivity (Wildman–Crippen MR) is 63.1 cm³/mol. The van der Waals surface area contributed by atoms with Gasteiger partial charge in [0, 0.05) is 26.1 Å². The molecule has 2 saturated heterocycles. The second-order valence-electron chi connectivity index (χ2n) is 5.37. The maximum absolute atomic E-state index is 13.0. The Balaban J connectivity index is 2.05. The van der Waals surface area contributed by atoms with Gasteiger partial charge in [-0.2, -0.15) is 13.2 Å². The molecule has 1 atom stereocenters. The van der Waals surface area contributed by atoms with E-state index >= 15 is 0 Å². The van der Waals surface area contributed by atoms with Gasteiger partial charge >= 0.3 is 12.1 Å². The third-order valence-electron chi connectivity index (χ3n) is 4.07. The van der Waals surface area contributed by atoms with Gasteiger partial charge < -0.3 is 14.9 Å². The van der Waals surface area contributed by atoms with Crippen LogP contribution in [-0.4, -0.2) is 65.0 Å². The van der Waals surface area contributed by atoms with Gasteiger partial charge in [-0.25, -0.2) is 0 Å². The molecular formula is C12H15F3N2O4. The van der Waals surface area contributed by atoms with E-state index in [1.54, 1.807) is 0 Å². The standard InChI is InChI=1S/C12H15F3N2O4/c13-12(14,15)11(10(20)21)3-5-17(7-11)9(19)6-16-4-1-2-8(16)18/h1-7H2,(H,20,21). The summed E-state index contributed by atoms with van der Waals surface area (Å²) in [7, 11) is 0. The van der Waals surface area contributed by atoms with Crippen LogP contribution < -0.4 is 0 Å². The number of alkyl halides is 3.